The second kappa shape index (κ2) is 13.6. The lowest BCUT2D eigenvalue weighted by atomic mass is 10.1. The van der Waals surface area contributed by atoms with Gasteiger partial charge in [-0.2, -0.15) is 0 Å². The summed E-state index contributed by atoms with van der Waals surface area (Å²) in [6.45, 7) is 4.48. The van der Waals surface area contributed by atoms with Crippen molar-refractivity contribution in [2.24, 2.45) is 0 Å². The van der Waals surface area contributed by atoms with E-state index in [2.05, 4.69) is 27.8 Å². The number of aliphatic hydroxyl groups excluding tert-OH is 1. The van der Waals surface area contributed by atoms with Crippen LogP contribution in [0.15, 0.2) is 30.3 Å². The number of unbranched alkanes of at least 4 members (excludes halogenated alkanes) is 2. The Bertz CT molecular complexity index is 946. The van der Waals surface area contributed by atoms with Crippen LogP contribution in [0.25, 0.3) is 0 Å². The molecule has 34 heavy (non-hydrogen) atoms. The number of amides is 2. The largest absolute Gasteiger partial charge is 0.389 e. The van der Waals surface area contributed by atoms with Crippen molar-refractivity contribution in [3.63, 3.8) is 0 Å². The van der Waals surface area contributed by atoms with Gasteiger partial charge in [0.15, 0.2) is 0 Å². The molecule has 1 unspecified atom stereocenters. The first-order chi connectivity index (χ1) is 16.5. The lowest BCUT2D eigenvalue weighted by Gasteiger charge is -2.31. The predicted molar refractivity (Wildman–Crippen MR) is 141 cm³/mol. The van der Waals surface area contributed by atoms with Gasteiger partial charge in [0, 0.05) is 38.3 Å². The SMILES string of the molecule is CCCCCC(=O)Nc1cc(NCC(O)CNC(=O)c2ccc(Cl)s2)ccc1N1CCCCC1. The molecule has 186 valence electrons. The van der Waals surface area contributed by atoms with Gasteiger partial charge < -0.3 is 26.0 Å². The summed E-state index contributed by atoms with van der Waals surface area (Å²) in [5.74, 6) is -0.227. The van der Waals surface area contributed by atoms with Gasteiger partial charge in [-0.25, -0.2) is 0 Å². The van der Waals surface area contributed by atoms with E-state index in [1.165, 1.54) is 17.8 Å². The minimum atomic E-state index is -0.770. The Hall–Kier alpha value is -2.29. The van der Waals surface area contributed by atoms with Crippen molar-refractivity contribution in [1.82, 2.24) is 5.32 Å². The molecule has 1 aliphatic rings. The molecule has 1 saturated heterocycles. The van der Waals surface area contributed by atoms with E-state index in [0.717, 1.165) is 62.3 Å². The third kappa shape index (κ3) is 8.18. The maximum Gasteiger partial charge on any atom is 0.261 e. The molecule has 1 aliphatic heterocycles. The molecule has 1 atom stereocenters. The molecule has 2 aromatic rings. The second-order valence-corrected chi connectivity index (χ2v) is 10.3. The van der Waals surface area contributed by atoms with Crippen molar-refractivity contribution in [3.8, 4) is 0 Å². The molecule has 3 rings (SSSR count). The fourth-order valence-electron chi connectivity index (χ4n) is 3.95. The minimum absolute atomic E-state index is 0.0280. The Kier molecular flexibility index (Phi) is 10.5. The quantitative estimate of drug-likeness (QED) is 0.300. The van der Waals surface area contributed by atoms with E-state index in [1.54, 1.807) is 12.1 Å². The molecule has 0 spiro atoms. The van der Waals surface area contributed by atoms with Gasteiger partial charge in [0.2, 0.25) is 5.91 Å². The average molecular weight is 507 g/mol. The number of rotatable bonds is 12. The maximum absolute atomic E-state index is 12.5. The van der Waals surface area contributed by atoms with Crippen LogP contribution in [0.2, 0.25) is 4.34 Å². The van der Waals surface area contributed by atoms with Crippen LogP contribution >= 0.6 is 22.9 Å². The average Bonchev–Trinajstić information content (AvgIpc) is 3.28. The first kappa shape index (κ1) is 26.3. The highest BCUT2D eigenvalue weighted by molar-refractivity contribution is 7.18. The zero-order valence-corrected chi connectivity index (χ0v) is 21.3. The zero-order chi connectivity index (χ0) is 24.3. The van der Waals surface area contributed by atoms with Crippen LogP contribution in [-0.2, 0) is 4.79 Å². The Balaban J connectivity index is 1.58. The molecule has 0 radical (unpaired) electrons. The van der Waals surface area contributed by atoms with E-state index in [0.29, 0.717) is 15.6 Å². The number of piperidine rings is 1. The van der Waals surface area contributed by atoms with Gasteiger partial charge in [-0.15, -0.1) is 11.3 Å². The third-order valence-corrected chi connectivity index (χ3v) is 7.04. The molecule has 0 bridgehead atoms. The summed E-state index contributed by atoms with van der Waals surface area (Å²) in [5, 5.41) is 19.4. The number of carbonyl (C=O) groups is 2. The number of nitrogens with zero attached hydrogens (tertiary/aromatic N) is 1. The maximum atomic E-state index is 12.5. The Morgan fingerprint density at radius 1 is 1.12 bits per heavy atom. The summed E-state index contributed by atoms with van der Waals surface area (Å²) < 4.78 is 0.550. The van der Waals surface area contributed by atoms with Gasteiger partial charge in [-0.3, -0.25) is 9.59 Å². The van der Waals surface area contributed by atoms with Crippen molar-refractivity contribution in [1.29, 1.82) is 0 Å². The molecule has 9 heteroatoms. The number of benzene rings is 1. The Morgan fingerprint density at radius 2 is 1.91 bits per heavy atom. The molecule has 1 fully saturated rings. The lowest BCUT2D eigenvalue weighted by molar-refractivity contribution is -0.116. The number of nitrogens with one attached hydrogen (secondary N) is 3. The fourth-order valence-corrected chi connectivity index (χ4v) is 4.91. The van der Waals surface area contributed by atoms with Gasteiger partial charge in [0.05, 0.1) is 26.7 Å². The molecule has 2 heterocycles. The van der Waals surface area contributed by atoms with Crippen LogP contribution in [0.5, 0.6) is 0 Å². The molecule has 7 nitrogen and oxygen atoms in total. The van der Waals surface area contributed by atoms with E-state index < -0.39 is 6.10 Å². The highest BCUT2D eigenvalue weighted by Gasteiger charge is 2.17. The Morgan fingerprint density at radius 3 is 2.62 bits per heavy atom. The summed E-state index contributed by atoms with van der Waals surface area (Å²) in [4.78, 5) is 27.5. The molecule has 0 saturated carbocycles. The standard InChI is InChI=1S/C25H35ClN4O3S/c1-2-3-5-8-24(32)29-20-15-18(9-10-21(20)30-13-6-4-7-14-30)27-16-19(31)17-28-25(33)22-11-12-23(26)34-22/h9-12,15,19,27,31H,2-8,13-14,16-17H2,1H3,(H,28,33)(H,29,32). The first-order valence-corrected chi connectivity index (χ1v) is 13.3. The summed E-state index contributed by atoms with van der Waals surface area (Å²) in [5.41, 5.74) is 2.64. The molecular formula is C25H35ClN4O3S. The van der Waals surface area contributed by atoms with Crippen molar-refractivity contribution in [3.05, 3.63) is 39.5 Å². The molecule has 0 aliphatic carbocycles. The van der Waals surface area contributed by atoms with E-state index in [4.69, 9.17) is 11.6 Å². The summed E-state index contributed by atoms with van der Waals surface area (Å²) in [6, 6.07) is 9.27. The van der Waals surface area contributed by atoms with Crippen LogP contribution in [0.4, 0.5) is 17.1 Å². The monoisotopic (exact) mass is 506 g/mol. The van der Waals surface area contributed by atoms with Gasteiger partial charge >= 0.3 is 0 Å². The third-order valence-electron chi connectivity index (χ3n) is 5.81. The number of halogens is 1. The van der Waals surface area contributed by atoms with Crippen LogP contribution in [0.1, 0.15) is 61.5 Å². The molecule has 1 aromatic carbocycles. The summed E-state index contributed by atoms with van der Waals surface area (Å²) >= 11 is 7.07. The number of thiophene rings is 1. The molecule has 4 N–H and O–H groups in total. The van der Waals surface area contributed by atoms with Crippen LogP contribution < -0.4 is 20.9 Å². The second-order valence-electron chi connectivity index (χ2n) is 8.63. The number of carbonyl (C=O) groups excluding carboxylic acids is 2. The van der Waals surface area contributed by atoms with Crippen LogP contribution in [0, 0.1) is 0 Å². The molecular weight excluding hydrogens is 472 g/mol. The highest BCUT2D eigenvalue weighted by Crippen LogP contribution is 2.31. The first-order valence-electron chi connectivity index (χ1n) is 12.1. The van der Waals surface area contributed by atoms with Gasteiger partial charge in [-0.1, -0.05) is 31.4 Å². The predicted octanol–water partition coefficient (Wildman–Crippen LogP) is 5.11. The van der Waals surface area contributed by atoms with Gasteiger partial charge in [-0.05, 0) is 56.0 Å². The van der Waals surface area contributed by atoms with Gasteiger partial charge in [0.25, 0.3) is 5.91 Å². The normalized spacial score (nSPS) is 14.5. The van der Waals surface area contributed by atoms with Crippen molar-refractivity contribution in [2.45, 2.75) is 58.0 Å². The summed E-state index contributed by atoms with van der Waals surface area (Å²) in [6.07, 6.45) is 6.29. The van der Waals surface area contributed by atoms with E-state index in [1.807, 2.05) is 18.2 Å². The van der Waals surface area contributed by atoms with Crippen molar-refractivity contribution < 1.29 is 14.7 Å². The van der Waals surface area contributed by atoms with Crippen LogP contribution in [0.3, 0.4) is 0 Å². The minimum Gasteiger partial charge on any atom is -0.389 e. The molecule has 2 amide bonds. The van der Waals surface area contributed by atoms with E-state index >= 15 is 0 Å². The van der Waals surface area contributed by atoms with Crippen molar-refractivity contribution in [2.75, 3.05) is 41.7 Å². The summed E-state index contributed by atoms with van der Waals surface area (Å²) in [7, 11) is 0. The topological polar surface area (TPSA) is 93.7 Å². The number of anilines is 3. The number of hydrogen-bond acceptors (Lipinski definition) is 6. The van der Waals surface area contributed by atoms with Crippen molar-refractivity contribution >= 4 is 51.8 Å². The molecule has 1 aromatic heterocycles. The number of aliphatic hydroxyl groups is 1. The zero-order valence-electron chi connectivity index (χ0n) is 19.7. The number of hydrogen-bond donors (Lipinski definition) is 4. The Labute approximate surface area is 210 Å². The van der Waals surface area contributed by atoms with Gasteiger partial charge in [0.1, 0.15) is 0 Å². The lowest BCUT2D eigenvalue weighted by Crippen LogP contribution is -2.35. The van der Waals surface area contributed by atoms with Crippen LogP contribution in [-0.4, -0.2) is 49.2 Å². The fraction of sp³-hybridized carbons (Fsp3) is 0.520. The van der Waals surface area contributed by atoms with E-state index in [9.17, 15) is 14.7 Å². The highest BCUT2D eigenvalue weighted by atomic mass is 35.5. The van der Waals surface area contributed by atoms with E-state index in [-0.39, 0.29) is 24.9 Å². The smallest absolute Gasteiger partial charge is 0.261 e.